The number of hydrogen-bond donors (Lipinski definition) is 1. The molecule has 1 N–H and O–H groups in total. The van der Waals surface area contributed by atoms with Crippen molar-refractivity contribution in [2.45, 2.75) is 32.2 Å². The summed E-state index contributed by atoms with van der Waals surface area (Å²) in [4.78, 5) is 23.8. The summed E-state index contributed by atoms with van der Waals surface area (Å²) in [6.45, 7) is 3.49. The fraction of sp³-hybridized carbons (Fsp3) is 0.438. The first-order chi connectivity index (χ1) is 11.7. The maximum absolute atomic E-state index is 12.2. The molecule has 0 aliphatic carbocycles. The van der Waals surface area contributed by atoms with E-state index in [0.717, 1.165) is 6.54 Å². The van der Waals surface area contributed by atoms with Gasteiger partial charge in [-0.15, -0.1) is 0 Å². The van der Waals surface area contributed by atoms with Gasteiger partial charge >= 0.3 is 0 Å². The van der Waals surface area contributed by atoms with Crippen LogP contribution in [-0.4, -0.2) is 45.6 Å². The van der Waals surface area contributed by atoms with E-state index in [1.807, 2.05) is 6.92 Å². The average Bonchev–Trinajstić information content (AvgIpc) is 3.20. The Labute approximate surface area is 139 Å². The van der Waals surface area contributed by atoms with Crippen LogP contribution in [0.5, 0.6) is 5.75 Å². The van der Waals surface area contributed by atoms with Crippen LogP contribution in [0.3, 0.4) is 0 Å². The third kappa shape index (κ3) is 3.83. The molecule has 0 aromatic carbocycles. The Kier molecular flexibility index (Phi) is 4.95. The fourth-order valence-electron chi connectivity index (χ4n) is 2.54. The molecule has 8 nitrogen and oxygen atoms in total. The molecule has 0 bridgehead atoms. The SMILES string of the molecule is CCn1cc(O[C@@H]2COC[C@@H]2NC(=O)Cn2ccccc2=O)cn1. The highest BCUT2D eigenvalue weighted by Gasteiger charge is 2.31. The van der Waals surface area contributed by atoms with E-state index in [1.165, 1.54) is 10.6 Å². The smallest absolute Gasteiger partial charge is 0.250 e. The number of pyridine rings is 1. The van der Waals surface area contributed by atoms with Crippen molar-refractivity contribution in [3.05, 3.63) is 47.1 Å². The predicted octanol–water partition coefficient (Wildman–Crippen LogP) is 0.0273. The highest BCUT2D eigenvalue weighted by molar-refractivity contribution is 5.76. The van der Waals surface area contributed by atoms with Gasteiger partial charge in [-0.2, -0.15) is 5.10 Å². The van der Waals surface area contributed by atoms with E-state index in [2.05, 4.69) is 10.4 Å². The van der Waals surface area contributed by atoms with Gasteiger partial charge in [0.1, 0.15) is 12.6 Å². The van der Waals surface area contributed by atoms with Crippen LogP contribution >= 0.6 is 0 Å². The molecule has 24 heavy (non-hydrogen) atoms. The van der Waals surface area contributed by atoms with E-state index in [4.69, 9.17) is 9.47 Å². The summed E-state index contributed by atoms with van der Waals surface area (Å²) < 4.78 is 14.4. The first-order valence-corrected chi connectivity index (χ1v) is 7.87. The molecule has 0 saturated carbocycles. The third-order valence-electron chi connectivity index (χ3n) is 3.81. The number of nitrogens with zero attached hydrogens (tertiary/aromatic N) is 3. The summed E-state index contributed by atoms with van der Waals surface area (Å²) in [5.74, 6) is 0.391. The topological polar surface area (TPSA) is 87.4 Å². The summed E-state index contributed by atoms with van der Waals surface area (Å²) in [5, 5.41) is 7.02. The molecule has 1 amide bonds. The highest BCUT2D eigenvalue weighted by atomic mass is 16.5. The number of ether oxygens (including phenoxy) is 2. The molecule has 1 aliphatic rings. The maximum atomic E-state index is 12.2. The molecule has 0 radical (unpaired) electrons. The Morgan fingerprint density at radius 3 is 3.08 bits per heavy atom. The van der Waals surface area contributed by atoms with Crippen LogP contribution < -0.4 is 15.6 Å². The molecule has 0 unspecified atom stereocenters. The van der Waals surface area contributed by atoms with Crippen LogP contribution in [0.15, 0.2) is 41.6 Å². The number of aryl methyl sites for hydroxylation is 1. The van der Waals surface area contributed by atoms with E-state index in [-0.39, 0.29) is 30.2 Å². The molecular weight excluding hydrogens is 312 g/mol. The lowest BCUT2D eigenvalue weighted by Crippen LogP contribution is -2.46. The molecule has 2 aromatic heterocycles. The minimum absolute atomic E-state index is 0.0311. The Hall–Kier alpha value is -2.61. The predicted molar refractivity (Wildman–Crippen MR) is 85.8 cm³/mol. The van der Waals surface area contributed by atoms with Crippen LogP contribution in [0, 0.1) is 0 Å². The van der Waals surface area contributed by atoms with Gasteiger partial charge in [0.05, 0.1) is 31.6 Å². The zero-order chi connectivity index (χ0) is 16.9. The number of carbonyl (C=O) groups excluding carboxylic acids is 1. The molecular formula is C16H20N4O4. The normalized spacial score (nSPS) is 20.0. The van der Waals surface area contributed by atoms with Crippen LogP contribution in [0.2, 0.25) is 0 Å². The number of rotatable bonds is 6. The van der Waals surface area contributed by atoms with Crippen molar-refractivity contribution < 1.29 is 14.3 Å². The number of amides is 1. The van der Waals surface area contributed by atoms with Crippen molar-refractivity contribution in [2.75, 3.05) is 13.2 Å². The number of nitrogens with one attached hydrogen (secondary N) is 1. The summed E-state index contributed by atoms with van der Waals surface area (Å²) >= 11 is 0. The van der Waals surface area contributed by atoms with Gasteiger partial charge in [-0.25, -0.2) is 0 Å². The fourth-order valence-corrected chi connectivity index (χ4v) is 2.54. The first kappa shape index (κ1) is 16.3. The number of hydrogen-bond acceptors (Lipinski definition) is 5. The lowest BCUT2D eigenvalue weighted by molar-refractivity contribution is -0.122. The van der Waals surface area contributed by atoms with Crippen molar-refractivity contribution in [2.24, 2.45) is 0 Å². The lowest BCUT2D eigenvalue weighted by Gasteiger charge is -2.19. The van der Waals surface area contributed by atoms with Gasteiger partial charge in [0.15, 0.2) is 5.75 Å². The molecule has 128 valence electrons. The monoisotopic (exact) mass is 332 g/mol. The Morgan fingerprint density at radius 2 is 2.33 bits per heavy atom. The van der Waals surface area contributed by atoms with Crippen molar-refractivity contribution in [3.63, 3.8) is 0 Å². The largest absolute Gasteiger partial charge is 0.482 e. The molecule has 8 heteroatoms. The van der Waals surface area contributed by atoms with Gasteiger partial charge in [0.25, 0.3) is 5.56 Å². The first-order valence-electron chi connectivity index (χ1n) is 7.87. The second kappa shape index (κ2) is 7.31. The van der Waals surface area contributed by atoms with Gasteiger partial charge < -0.3 is 19.4 Å². The van der Waals surface area contributed by atoms with E-state index < -0.39 is 0 Å². The Morgan fingerprint density at radius 1 is 1.46 bits per heavy atom. The van der Waals surface area contributed by atoms with Gasteiger partial charge in [-0.3, -0.25) is 14.3 Å². The third-order valence-corrected chi connectivity index (χ3v) is 3.81. The molecule has 1 fully saturated rings. The van der Waals surface area contributed by atoms with Gasteiger partial charge in [0, 0.05) is 18.8 Å². The van der Waals surface area contributed by atoms with Gasteiger partial charge in [-0.1, -0.05) is 6.07 Å². The minimum atomic E-state index is -0.282. The van der Waals surface area contributed by atoms with Crippen LogP contribution in [0.25, 0.3) is 0 Å². The molecule has 0 spiro atoms. The summed E-state index contributed by atoms with van der Waals surface area (Å²) in [5.41, 5.74) is -0.213. The van der Waals surface area contributed by atoms with Crippen molar-refractivity contribution in [3.8, 4) is 5.75 Å². The van der Waals surface area contributed by atoms with E-state index in [1.54, 1.807) is 35.4 Å². The zero-order valence-corrected chi connectivity index (χ0v) is 13.4. The highest BCUT2D eigenvalue weighted by Crippen LogP contribution is 2.16. The standard InChI is InChI=1S/C16H20N4O4/c1-2-20-8-12(7-17-20)24-14-11-23-10-13(14)18-15(21)9-19-6-4-3-5-16(19)22/h3-8,13-14H,2,9-11H2,1H3,(H,18,21)/t13-,14+/m0/s1. The van der Waals surface area contributed by atoms with Gasteiger partial charge in [-0.05, 0) is 13.0 Å². The molecule has 3 heterocycles. The van der Waals surface area contributed by atoms with E-state index in [0.29, 0.717) is 19.0 Å². The van der Waals surface area contributed by atoms with E-state index >= 15 is 0 Å². The molecule has 1 aliphatic heterocycles. The van der Waals surface area contributed by atoms with Crippen LogP contribution in [0.1, 0.15) is 6.92 Å². The Balaban J connectivity index is 1.58. The maximum Gasteiger partial charge on any atom is 0.250 e. The average molecular weight is 332 g/mol. The summed E-state index contributed by atoms with van der Waals surface area (Å²) in [6, 6.07) is 4.51. The van der Waals surface area contributed by atoms with Crippen molar-refractivity contribution in [1.82, 2.24) is 19.7 Å². The molecule has 2 atom stereocenters. The quantitative estimate of drug-likeness (QED) is 0.806. The van der Waals surface area contributed by atoms with Gasteiger partial charge in [0.2, 0.25) is 5.91 Å². The van der Waals surface area contributed by atoms with Crippen LogP contribution in [0.4, 0.5) is 0 Å². The summed E-state index contributed by atoms with van der Waals surface area (Å²) in [7, 11) is 0. The van der Waals surface area contributed by atoms with Crippen LogP contribution in [-0.2, 0) is 22.6 Å². The number of aromatic nitrogens is 3. The zero-order valence-electron chi connectivity index (χ0n) is 13.4. The van der Waals surface area contributed by atoms with Crippen molar-refractivity contribution >= 4 is 5.91 Å². The Bertz CT molecular complexity index is 754. The second-order valence-corrected chi connectivity index (χ2v) is 5.57. The second-order valence-electron chi connectivity index (χ2n) is 5.57. The lowest BCUT2D eigenvalue weighted by atomic mass is 10.2. The minimum Gasteiger partial charge on any atom is -0.482 e. The van der Waals surface area contributed by atoms with Crippen molar-refractivity contribution in [1.29, 1.82) is 0 Å². The summed E-state index contributed by atoms with van der Waals surface area (Å²) in [6.07, 6.45) is 4.75. The molecule has 3 rings (SSSR count). The van der Waals surface area contributed by atoms with E-state index in [9.17, 15) is 9.59 Å². The molecule has 2 aromatic rings. The molecule has 1 saturated heterocycles. The number of carbonyl (C=O) groups is 1.